The van der Waals surface area contributed by atoms with Crippen molar-refractivity contribution in [2.24, 2.45) is 0 Å². The van der Waals surface area contributed by atoms with Crippen LogP contribution in [0.2, 0.25) is 0 Å². The standard InChI is InChI=1S/C14H21NO4/c1-3-4-5-6-7-10(2)15-13(16)12-8-11(9-19-12)14(17)18/h8-10H,3-7H2,1-2H3,(H,15,16)(H,17,18). The molecule has 1 heterocycles. The average molecular weight is 267 g/mol. The second-order valence-corrected chi connectivity index (χ2v) is 4.73. The molecule has 0 saturated heterocycles. The number of unbranched alkanes of at least 4 members (excludes halogenated alkanes) is 3. The molecular weight excluding hydrogens is 246 g/mol. The van der Waals surface area contributed by atoms with Gasteiger partial charge in [-0.15, -0.1) is 0 Å². The van der Waals surface area contributed by atoms with Gasteiger partial charge >= 0.3 is 5.97 Å². The molecule has 0 fully saturated rings. The fraction of sp³-hybridized carbons (Fsp3) is 0.571. The summed E-state index contributed by atoms with van der Waals surface area (Å²) in [6, 6.07) is 1.30. The Morgan fingerprint density at radius 1 is 1.37 bits per heavy atom. The molecule has 5 heteroatoms. The third-order valence-corrected chi connectivity index (χ3v) is 2.94. The highest BCUT2D eigenvalue weighted by Crippen LogP contribution is 2.09. The molecule has 1 aromatic rings. The Kier molecular flexibility index (Phi) is 6.12. The topological polar surface area (TPSA) is 79.5 Å². The van der Waals surface area contributed by atoms with Crippen molar-refractivity contribution in [3.8, 4) is 0 Å². The summed E-state index contributed by atoms with van der Waals surface area (Å²) in [5.74, 6) is -1.43. The van der Waals surface area contributed by atoms with Crippen molar-refractivity contribution in [3.63, 3.8) is 0 Å². The van der Waals surface area contributed by atoms with Gasteiger partial charge in [-0.1, -0.05) is 32.6 Å². The van der Waals surface area contributed by atoms with E-state index in [1.54, 1.807) is 0 Å². The molecule has 19 heavy (non-hydrogen) atoms. The minimum atomic E-state index is -1.10. The molecule has 0 radical (unpaired) electrons. The molecule has 0 aliphatic carbocycles. The van der Waals surface area contributed by atoms with Gasteiger partial charge in [-0.05, 0) is 13.3 Å². The summed E-state index contributed by atoms with van der Waals surface area (Å²) in [5.41, 5.74) is -0.0132. The van der Waals surface area contributed by atoms with E-state index in [0.717, 1.165) is 19.1 Å². The van der Waals surface area contributed by atoms with Gasteiger partial charge in [-0.2, -0.15) is 0 Å². The number of carbonyl (C=O) groups excluding carboxylic acids is 1. The highest BCUT2D eigenvalue weighted by atomic mass is 16.4. The van der Waals surface area contributed by atoms with Gasteiger partial charge in [-0.25, -0.2) is 4.79 Å². The average Bonchev–Trinajstić information content (AvgIpc) is 2.84. The third kappa shape index (κ3) is 5.16. The first-order valence-electron chi connectivity index (χ1n) is 6.67. The predicted octanol–water partition coefficient (Wildman–Crippen LogP) is 3.07. The van der Waals surface area contributed by atoms with Crippen LogP contribution in [0.15, 0.2) is 16.7 Å². The van der Waals surface area contributed by atoms with Gasteiger partial charge in [0.05, 0.1) is 5.56 Å². The number of carboxylic acids is 1. The van der Waals surface area contributed by atoms with Gasteiger partial charge in [0.1, 0.15) is 6.26 Å². The van der Waals surface area contributed by atoms with E-state index in [1.165, 1.54) is 25.3 Å². The zero-order chi connectivity index (χ0) is 14.3. The minimum Gasteiger partial charge on any atom is -0.478 e. The number of aromatic carboxylic acids is 1. The molecule has 1 amide bonds. The Bertz CT molecular complexity index is 425. The highest BCUT2D eigenvalue weighted by molar-refractivity contribution is 5.95. The number of nitrogens with one attached hydrogen (secondary N) is 1. The van der Waals surface area contributed by atoms with Gasteiger partial charge in [-0.3, -0.25) is 4.79 Å². The van der Waals surface area contributed by atoms with E-state index in [9.17, 15) is 9.59 Å². The summed E-state index contributed by atoms with van der Waals surface area (Å²) in [7, 11) is 0. The normalized spacial score (nSPS) is 12.1. The van der Waals surface area contributed by atoms with Crippen LogP contribution in [0, 0.1) is 0 Å². The molecule has 2 N–H and O–H groups in total. The first kappa shape index (κ1) is 15.3. The summed E-state index contributed by atoms with van der Waals surface area (Å²) < 4.78 is 4.94. The largest absolute Gasteiger partial charge is 0.478 e. The lowest BCUT2D eigenvalue weighted by atomic mass is 10.1. The molecular formula is C14H21NO4. The summed E-state index contributed by atoms with van der Waals surface area (Å²) in [6.45, 7) is 4.09. The molecule has 0 saturated carbocycles. The Balaban J connectivity index is 2.38. The zero-order valence-electron chi connectivity index (χ0n) is 11.4. The van der Waals surface area contributed by atoms with Crippen molar-refractivity contribution in [2.45, 2.75) is 52.0 Å². The molecule has 106 valence electrons. The van der Waals surface area contributed by atoms with Crippen LogP contribution >= 0.6 is 0 Å². The van der Waals surface area contributed by atoms with Crippen LogP contribution in [0.3, 0.4) is 0 Å². The molecule has 1 atom stereocenters. The Morgan fingerprint density at radius 2 is 2.11 bits per heavy atom. The lowest BCUT2D eigenvalue weighted by Gasteiger charge is -2.12. The van der Waals surface area contributed by atoms with Crippen molar-refractivity contribution in [2.75, 3.05) is 0 Å². The van der Waals surface area contributed by atoms with Crippen molar-refractivity contribution in [1.82, 2.24) is 5.32 Å². The minimum absolute atomic E-state index is 0.0132. The lowest BCUT2D eigenvalue weighted by Crippen LogP contribution is -2.32. The van der Waals surface area contributed by atoms with Gasteiger partial charge in [0, 0.05) is 12.1 Å². The molecule has 0 bridgehead atoms. The molecule has 0 aromatic carbocycles. The van der Waals surface area contributed by atoms with E-state index in [0.29, 0.717) is 0 Å². The van der Waals surface area contributed by atoms with Gasteiger partial charge in [0.2, 0.25) is 0 Å². The Hall–Kier alpha value is -1.78. The summed E-state index contributed by atoms with van der Waals surface area (Å²) >= 11 is 0. The molecule has 0 aliphatic heterocycles. The van der Waals surface area contributed by atoms with E-state index in [2.05, 4.69) is 12.2 Å². The van der Waals surface area contributed by atoms with Crippen LogP contribution in [0.5, 0.6) is 0 Å². The SMILES string of the molecule is CCCCCCC(C)NC(=O)c1cc(C(=O)O)co1. The molecule has 5 nitrogen and oxygen atoms in total. The van der Waals surface area contributed by atoms with Crippen LogP contribution < -0.4 is 5.32 Å². The summed E-state index contributed by atoms with van der Waals surface area (Å²) in [6.07, 6.45) is 6.63. The maximum absolute atomic E-state index is 11.8. The molecule has 0 aliphatic rings. The molecule has 1 aromatic heterocycles. The van der Waals surface area contributed by atoms with E-state index >= 15 is 0 Å². The fourth-order valence-corrected chi connectivity index (χ4v) is 1.81. The van der Waals surface area contributed by atoms with Crippen LogP contribution in [0.4, 0.5) is 0 Å². The zero-order valence-corrected chi connectivity index (χ0v) is 11.4. The van der Waals surface area contributed by atoms with Crippen molar-refractivity contribution in [3.05, 3.63) is 23.7 Å². The summed E-state index contributed by atoms with van der Waals surface area (Å²) in [5, 5.41) is 11.5. The number of carboxylic acid groups (broad SMARTS) is 1. The van der Waals surface area contributed by atoms with Crippen molar-refractivity contribution in [1.29, 1.82) is 0 Å². The molecule has 0 spiro atoms. The van der Waals surface area contributed by atoms with E-state index in [1.807, 2.05) is 6.92 Å². The maximum atomic E-state index is 11.8. The number of carbonyl (C=O) groups is 2. The van der Waals surface area contributed by atoms with Crippen LogP contribution in [0.25, 0.3) is 0 Å². The monoisotopic (exact) mass is 267 g/mol. The maximum Gasteiger partial charge on any atom is 0.338 e. The fourth-order valence-electron chi connectivity index (χ4n) is 1.81. The second kappa shape index (κ2) is 7.61. The number of amides is 1. The number of hydrogen-bond donors (Lipinski definition) is 2. The Morgan fingerprint density at radius 3 is 2.68 bits per heavy atom. The number of furan rings is 1. The number of hydrogen-bond acceptors (Lipinski definition) is 3. The van der Waals surface area contributed by atoms with Crippen LogP contribution in [0.1, 0.15) is 66.9 Å². The number of rotatable bonds is 8. The third-order valence-electron chi connectivity index (χ3n) is 2.94. The van der Waals surface area contributed by atoms with Gasteiger partial charge in [0.25, 0.3) is 5.91 Å². The van der Waals surface area contributed by atoms with Crippen molar-refractivity contribution >= 4 is 11.9 Å². The van der Waals surface area contributed by atoms with E-state index in [4.69, 9.17) is 9.52 Å². The van der Waals surface area contributed by atoms with Gasteiger partial charge in [0.15, 0.2) is 5.76 Å². The predicted molar refractivity (Wildman–Crippen MR) is 71.4 cm³/mol. The quantitative estimate of drug-likeness (QED) is 0.709. The summed E-state index contributed by atoms with van der Waals surface area (Å²) in [4.78, 5) is 22.5. The Labute approximate surface area is 113 Å². The highest BCUT2D eigenvalue weighted by Gasteiger charge is 2.16. The molecule has 1 rings (SSSR count). The second-order valence-electron chi connectivity index (χ2n) is 4.73. The van der Waals surface area contributed by atoms with E-state index in [-0.39, 0.29) is 23.3 Å². The lowest BCUT2D eigenvalue weighted by molar-refractivity contribution is 0.0695. The first-order chi connectivity index (χ1) is 9.04. The van der Waals surface area contributed by atoms with Crippen molar-refractivity contribution < 1.29 is 19.1 Å². The van der Waals surface area contributed by atoms with Gasteiger partial charge < -0.3 is 14.8 Å². The smallest absolute Gasteiger partial charge is 0.338 e. The first-order valence-corrected chi connectivity index (χ1v) is 6.67. The van der Waals surface area contributed by atoms with Crippen LogP contribution in [-0.2, 0) is 0 Å². The van der Waals surface area contributed by atoms with Crippen LogP contribution in [-0.4, -0.2) is 23.0 Å². The molecule has 1 unspecified atom stereocenters. The van der Waals surface area contributed by atoms with E-state index < -0.39 is 5.97 Å².